The van der Waals surface area contributed by atoms with Crippen molar-refractivity contribution in [3.63, 3.8) is 0 Å². The largest absolute Gasteiger partial charge is 0.357 e. The summed E-state index contributed by atoms with van der Waals surface area (Å²) in [5.74, 6) is 1.56. The van der Waals surface area contributed by atoms with Gasteiger partial charge in [0.05, 0.1) is 12.2 Å². The van der Waals surface area contributed by atoms with Gasteiger partial charge in [0.2, 0.25) is 0 Å². The quantitative estimate of drug-likeness (QED) is 0.284. The average molecular weight is 562 g/mol. The van der Waals surface area contributed by atoms with E-state index in [-0.39, 0.29) is 24.0 Å². The molecule has 2 heterocycles. The second-order valence-corrected chi connectivity index (χ2v) is 9.33. The molecule has 2 aromatic rings. The summed E-state index contributed by atoms with van der Waals surface area (Å²) in [6.45, 7) is 11.9. The van der Waals surface area contributed by atoms with Gasteiger partial charge in [0, 0.05) is 29.5 Å². The zero-order valence-corrected chi connectivity index (χ0v) is 22.0. The second-order valence-electron chi connectivity index (χ2n) is 7.64. The number of likely N-dealkylation sites (tertiary alicyclic amines) is 1. The number of benzene rings is 1. The fourth-order valence-corrected chi connectivity index (χ4v) is 4.61. The van der Waals surface area contributed by atoms with Crippen LogP contribution in [0.25, 0.3) is 0 Å². The Balaban J connectivity index is 0.00000320. The van der Waals surface area contributed by atoms with Gasteiger partial charge < -0.3 is 10.6 Å². The lowest BCUT2D eigenvalue weighted by molar-refractivity contribution is 0.178. The molecule has 0 aliphatic carbocycles. The molecule has 0 bridgehead atoms. The third-order valence-corrected chi connectivity index (χ3v) is 6.83. The smallest absolute Gasteiger partial charge is 0.191 e. The molecular weight excluding hydrogens is 529 g/mol. The van der Waals surface area contributed by atoms with E-state index >= 15 is 0 Å². The van der Waals surface area contributed by atoms with E-state index in [9.17, 15) is 0 Å². The topological polar surface area (TPSA) is 52.6 Å². The summed E-state index contributed by atoms with van der Waals surface area (Å²) in [6, 6.07) is 8.15. The van der Waals surface area contributed by atoms with Crippen LogP contribution in [0, 0.1) is 19.8 Å². The number of thiazole rings is 1. The summed E-state index contributed by atoms with van der Waals surface area (Å²) in [7, 11) is 0. The summed E-state index contributed by atoms with van der Waals surface area (Å²) in [5, 5.41) is 8.83. The predicted octanol–water partition coefficient (Wildman–Crippen LogP) is 5.00. The molecule has 166 valence electrons. The van der Waals surface area contributed by atoms with Crippen molar-refractivity contribution < 1.29 is 0 Å². The highest BCUT2D eigenvalue weighted by molar-refractivity contribution is 14.0. The summed E-state index contributed by atoms with van der Waals surface area (Å²) in [6.07, 6.45) is 2.39. The molecular formula is C22H33ClIN5S. The lowest BCUT2D eigenvalue weighted by atomic mass is 9.96. The highest BCUT2D eigenvalue weighted by Crippen LogP contribution is 2.22. The first kappa shape index (κ1) is 25.4. The summed E-state index contributed by atoms with van der Waals surface area (Å²) >= 11 is 8.04. The number of aliphatic imine (C=N–C) groups is 1. The molecule has 0 atom stereocenters. The summed E-state index contributed by atoms with van der Waals surface area (Å²) in [4.78, 5) is 13.1. The molecule has 0 spiro atoms. The molecule has 1 aliphatic heterocycles. The Morgan fingerprint density at radius 2 is 1.97 bits per heavy atom. The third kappa shape index (κ3) is 7.66. The number of guanidine groups is 1. The molecule has 1 aromatic heterocycles. The molecule has 1 aliphatic rings. The van der Waals surface area contributed by atoms with Crippen LogP contribution in [0.5, 0.6) is 0 Å². The van der Waals surface area contributed by atoms with Crippen LogP contribution >= 0.6 is 46.9 Å². The minimum absolute atomic E-state index is 0. The number of nitrogens with zero attached hydrogens (tertiary/aromatic N) is 3. The van der Waals surface area contributed by atoms with E-state index in [1.165, 1.54) is 23.3 Å². The van der Waals surface area contributed by atoms with Crippen molar-refractivity contribution in [2.24, 2.45) is 10.9 Å². The van der Waals surface area contributed by atoms with Crippen molar-refractivity contribution in [1.29, 1.82) is 0 Å². The SMILES string of the molecule is CCNC(=NCc1nc(C)c(C)s1)NCC1CCN(Cc2ccccc2Cl)CC1.I. The Bertz CT molecular complexity index is 798. The van der Waals surface area contributed by atoms with Crippen LogP contribution in [-0.2, 0) is 13.1 Å². The van der Waals surface area contributed by atoms with Gasteiger partial charge in [0.15, 0.2) is 5.96 Å². The van der Waals surface area contributed by atoms with E-state index in [0.29, 0.717) is 12.5 Å². The molecule has 8 heteroatoms. The normalized spacial score (nSPS) is 15.7. The number of aryl methyl sites for hydroxylation is 2. The fraction of sp³-hybridized carbons (Fsp3) is 0.545. The van der Waals surface area contributed by atoms with Crippen molar-refractivity contribution in [2.45, 2.75) is 46.7 Å². The maximum absolute atomic E-state index is 6.31. The molecule has 1 fully saturated rings. The van der Waals surface area contributed by atoms with E-state index in [4.69, 9.17) is 16.6 Å². The first-order chi connectivity index (χ1) is 14.0. The number of nitrogens with one attached hydrogen (secondary N) is 2. The van der Waals surface area contributed by atoms with E-state index in [2.05, 4.69) is 53.4 Å². The Morgan fingerprint density at radius 1 is 1.23 bits per heavy atom. The Hall–Kier alpha value is -0.900. The minimum Gasteiger partial charge on any atom is -0.357 e. The highest BCUT2D eigenvalue weighted by atomic mass is 127. The first-order valence-corrected chi connectivity index (χ1v) is 11.7. The van der Waals surface area contributed by atoms with Gasteiger partial charge in [-0.15, -0.1) is 35.3 Å². The van der Waals surface area contributed by atoms with Crippen LogP contribution in [0.15, 0.2) is 29.3 Å². The molecule has 30 heavy (non-hydrogen) atoms. The van der Waals surface area contributed by atoms with Gasteiger partial charge in [-0.3, -0.25) is 4.90 Å². The van der Waals surface area contributed by atoms with Crippen LogP contribution < -0.4 is 10.6 Å². The van der Waals surface area contributed by atoms with Gasteiger partial charge in [-0.05, 0) is 64.3 Å². The van der Waals surface area contributed by atoms with Crippen LogP contribution in [0.4, 0.5) is 0 Å². The Morgan fingerprint density at radius 3 is 2.60 bits per heavy atom. The Kier molecular flexibility index (Phi) is 10.8. The number of hydrogen-bond acceptors (Lipinski definition) is 4. The summed E-state index contributed by atoms with van der Waals surface area (Å²) in [5.41, 5.74) is 2.33. The van der Waals surface area contributed by atoms with Gasteiger partial charge >= 0.3 is 0 Å². The van der Waals surface area contributed by atoms with Crippen LogP contribution in [0.2, 0.25) is 5.02 Å². The monoisotopic (exact) mass is 561 g/mol. The maximum Gasteiger partial charge on any atom is 0.191 e. The molecule has 0 unspecified atom stereocenters. The van der Waals surface area contributed by atoms with Gasteiger partial charge in [0.1, 0.15) is 5.01 Å². The van der Waals surface area contributed by atoms with Gasteiger partial charge in [-0.25, -0.2) is 9.98 Å². The molecule has 0 saturated carbocycles. The van der Waals surface area contributed by atoms with Crippen LogP contribution in [0.3, 0.4) is 0 Å². The zero-order chi connectivity index (χ0) is 20.6. The zero-order valence-electron chi connectivity index (χ0n) is 18.1. The van der Waals surface area contributed by atoms with E-state index in [1.54, 1.807) is 11.3 Å². The minimum atomic E-state index is 0. The van der Waals surface area contributed by atoms with Crippen molar-refractivity contribution in [3.05, 3.63) is 50.4 Å². The lowest BCUT2D eigenvalue weighted by Gasteiger charge is -2.32. The van der Waals surface area contributed by atoms with Gasteiger partial charge in [0.25, 0.3) is 0 Å². The third-order valence-electron chi connectivity index (χ3n) is 5.41. The van der Waals surface area contributed by atoms with Gasteiger partial charge in [-0.2, -0.15) is 0 Å². The maximum atomic E-state index is 6.31. The number of aromatic nitrogens is 1. The second kappa shape index (κ2) is 12.8. The molecule has 3 rings (SSSR count). The number of piperidine rings is 1. The molecule has 0 radical (unpaired) electrons. The first-order valence-electron chi connectivity index (χ1n) is 10.5. The van der Waals surface area contributed by atoms with Crippen molar-refractivity contribution in [1.82, 2.24) is 20.5 Å². The average Bonchev–Trinajstić information content (AvgIpc) is 3.04. The van der Waals surface area contributed by atoms with Crippen LogP contribution in [0.1, 0.15) is 40.9 Å². The number of hydrogen-bond donors (Lipinski definition) is 2. The van der Waals surface area contributed by atoms with Crippen molar-refractivity contribution in [2.75, 3.05) is 26.2 Å². The van der Waals surface area contributed by atoms with E-state index < -0.39 is 0 Å². The molecule has 0 amide bonds. The molecule has 1 saturated heterocycles. The lowest BCUT2D eigenvalue weighted by Crippen LogP contribution is -2.42. The highest BCUT2D eigenvalue weighted by Gasteiger charge is 2.20. The molecule has 5 nitrogen and oxygen atoms in total. The standard InChI is InChI=1S/C22H32ClN5S.HI/c1-4-24-22(26-14-21-27-16(2)17(3)29-21)25-13-18-9-11-28(12-10-18)15-19-7-5-6-8-20(19)23;/h5-8,18H,4,9-15H2,1-3H3,(H2,24,25,26);1H. The molecule has 1 aromatic carbocycles. The van der Waals surface area contributed by atoms with Crippen molar-refractivity contribution >= 4 is 52.9 Å². The van der Waals surface area contributed by atoms with Crippen molar-refractivity contribution in [3.8, 4) is 0 Å². The fourth-order valence-electron chi connectivity index (χ4n) is 3.55. The van der Waals surface area contributed by atoms with E-state index in [1.807, 2.05) is 12.1 Å². The number of halogens is 2. The van der Waals surface area contributed by atoms with E-state index in [0.717, 1.165) is 54.4 Å². The number of rotatable bonds is 7. The molecule has 2 N–H and O–H groups in total. The Labute approximate surface area is 206 Å². The predicted molar refractivity (Wildman–Crippen MR) is 139 cm³/mol. The summed E-state index contributed by atoms with van der Waals surface area (Å²) < 4.78 is 0. The van der Waals surface area contributed by atoms with Crippen LogP contribution in [-0.4, -0.2) is 42.0 Å². The van der Waals surface area contributed by atoms with Gasteiger partial charge in [-0.1, -0.05) is 29.8 Å².